The third-order valence-corrected chi connectivity index (χ3v) is 15.3. The number of ether oxygens (including phenoxy) is 3. The van der Waals surface area contributed by atoms with Crippen LogP contribution in [0.1, 0.15) is 101 Å². The van der Waals surface area contributed by atoms with Crippen LogP contribution in [0.5, 0.6) is 0 Å². The minimum atomic E-state index is -4.52. The molecule has 0 aromatic heterocycles. The van der Waals surface area contributed by atoms with Gasteiger partial charge in [-0.2, -0.15) is 0 Å². The number of carbonyl (C=O) groups excluding carboxylic acids is 6. The second-order valence-corrected chi connectivity index (χ2v) is 24.1. The quantitative estimate of drug-likeness (QED) is 0.0270. The SMILES string of the molecule is CN[C@H](CN(C)[C@H](CNC(/C=C(\C)C(=O)NS(=O)(=O)c1ccccc1N[C@H](COCCOCCOCCC(=O)N[C@H](C(=O)N[C@@H](C)CCCNC(N)=O)C(C)C)N1C(=O)C=CC1=O)C(C)C)C(C)(C)C)C(C)(C)c1ccccc1. The van der Waals surface area contributed by atoms with E-state index in [2.05, 4.69) is 107 Å². The minimum absolute atomic E-state index is 0.0138. The summed E-state index contributed by atoms with van der Waals surface area (Å²) in [4.78, 5) is 79.0. The Balaban J connectivity index is 1.57. The van der Waals surface area contributed by atoms with Crippen LogP contribution in [-0.2, 0) is 53.6 Å². The molecule has 6 atom stereocenters. The van der Waals surface area contributed by atoms with Gasteiger partial charge in [-0.15, -0.1) is 0 Å². The topological polar surface area (TPSA) is 281 Å². The number of anilines is 1. The van der Waals surface area contributed by atoms with E-state index in [1.54, 1.807) is 19.1 Å². The number of sulfonamides is 1. The molecule has 0 saturated heterocycles. The Hall–Kier alpha value is -5.75. The highest BCUT2D eigenvalue weighted by molar-refractivity contribution is 7.90. The Bertz CT molecular complexity index is 2450. The molecule has 0 fully saturated rings. The molecule has 0 radical (unpaired) electrons. The molecule has 22 heteroatoms. The number of likely N-dealkylation sites (N-methyl/N-ethyl adjacent to an activating group) is 2. The van der Waals surface area contributed by atoms with Crippen LogP contribution < -0.4 is 42.4 Å². The van der Waals surface area contributed by atoms with Crippen molar-refractivity contribution in [2.45, 2.75) is 142 Å². The zero-order chi connectivity index (χ0) is 59.1. The van der Waals surface area contributed by atoms with E-state index >= 15 is 0 Å². The first kappa shape index (κ1) is 67.5. The van der Waals surface area contributed by atoms with E-state index in [1.807, 2.05) is 47.7 Å². The lowest BCUT2D eigenvalue weighted by Gasteiger charge is -2.44. The molecule has 1 aliphatic rings. The van der Waals surface area contributed by atoms with Crippen LogP contribution in [0.2, 0.25) is 0 Å². The van der Waals surface area contributed by atoms with Crippen molar-refractivity contribution in [3.05, 3.63) is 84.0 Å². The van der Waals surface area contributed by atoms with Crippen LogP contribution in [0.4, 0.5) is 10.5 Å². The van der Waals surface area contributed by atoms with E-state index in [-0.39, 0.29) is 121 Å². The van der Waals surface area contributed by atoms with Crippen LogP contribution in [0, 0.1) is 17.3 Å². The van der Waals surface area contributed by atoms with Crippen LogP contribution in [0.25, 0.3) is 0 Å². The number of carbonyl (C=O) groups is 6. The summed E-state index contributed by atoms with van der Waals surface area (Å²) < 4.78 is 47.3. The standard InChI is InChI=1S/C57H92N10O11S/c1-38(2)44(61-35-47(56(7,8)9)66(13)36-46(59-12)57(10,11)42-21-15-14-16-22-42)34-40(5)53(71)65-79(74,75)45-24-18-17-23-43(45)63-48(67-50(69)25-26-51(67)70)37-78-33-32-77-31-30-76-29-27-49(68)64-52(39(3)4)54(72)62-41(6)20-19-28-60-55(58)73/h14-18,21-26,34,38-39,41,44,46-48,52,59,61,63H,19-20,27-33,35-37H2,1-13H3,(H,62,72)(H,64,68)(H,65,71)(H3,58,60,73)/b40-34+/t41-,44?,46+,47+,48-,52-/m0/s1. The molecule has 79 heavy (non-hydrogen) atoms. The summed E-state index contributed by atoms with van der Waals surface area (Å²) >= 11 is 0. The zero-order valence-corrected chi connectivity index (χ0v) is 49.7. The van der Waals surface area contributed by atoms with Crippen LogP contribution in [0.3, 0.4) is 0 Å². The molecular formula is C57H92N10O11S. The predicted molar refractivity (Wildman–Crippen MR) is 307 cm³/mol. The summed E-state index contributed by atoms with van der Waals surface area (Å²) in [6.07, 6.45) is 4.05. The van der Waals surface area contributed by atoms with Gasteiger partial charge in [-0.25, -0.2) is 17.9 Å². The number of hydrogen-bond donors (Lipinski definition) is 8. The fourth-order valence-corrected chi connectivity index (χ4v) is 10.3. The molecule has 1 aliphatic heterocycles. The molecule has 2 aromatic rings. The van der Waals surface area contributed by atoms with E-state index in [1.165, 1.54) is 23.8 Å². The van der Waals surface area contributed by atoms with Crippen molar-refractivity contribution in [3.63, 3.8) is 0 Å². The number of rotatable bonds is 36. The summed E-state index contributed by atoms with van der Waals surface area (Å²) in [5, 5.41) is 18.4. The fraction of sp³-hybridized carbons (Fsp3) is 0.614. The van der Waals surface area contributed by atoms with Gasteiger partial charge in [0.1, 0.15) is 17.1 Å². The number of primary amides is 1. The molecule has 0 aliphatic carbocycles. The molecule has 7 amide bonds. The van der Waals surface area contributed by atoms with E-state index in [0.717, 1.165) is 23.6 Å². The maximum absolute atomic E-state index is 14.0. The van der Waals surface area contributed by atoms with E-state index in [0.29, 0.717) is 25.9 Å². The Kier molecular flexibility index (Phi) is 27.8. The lowest BCUT2D eigenvalue weighted by molar-refractivity contribution is -0.140. The van der Waals surface area contributed by atoms with Gasteiger partial charge in [0.15, 0.2) is 0 Å². The van der Waals surface area contributed by atoms with Gasteiger partial charge in [-0.3, -0.25) is 28.9 Å². The van der Waals surface area contributed by atoms with Gasteiger partial charge in [0.05, 0.1) is 45.3 Å². The van der Waals surface area contributed by atoms with Gasteiger partial charge < -0.3 is 56.7 Å². The first-order chi connectivity index (χ1) is 37.1. The van der Waals surface area contributed by atoms with Crippen LogP contribution in [-0.4, -0.2) is 164 Å². The highest BCUT2D eigenvalue weighted by atomic mass is 32.2. The van der Waals surface area contributed by atoms with Gasteiger partial charge in [-0.1, -0.05) is 111 Å². The third kappa shape index (κ3) is 22.4. The summed E-state index contributed by atoms with van der Waals surface area (Å²) in [5.41, 5.74) is 6.25. The number of benzene rings is 2. The summed E-state index contributed by atoms with van der Waals surface area (Å²) in [7, 11) is -0.395. The predicted octanol–water partition coefficient (Wildman–Crippen LogP) is 4.16. The first-order valence-electron chi connectivity index (χ1n) is 27.3. The smallest absolute Gasteiger partial charge is 0.312 e. The molecule has 0 bridgehead atoms. The average molecular weight is 1130 g/mol. The van der Waals surface area contributed by atoms with Gasteiger partial charge in [0.2, 0.25) is 11.8 Å². The van der Waals surface area contributed by atoms with Crippen molar-refractivity contribution in [1.82, 2.24) is 41.1 Å². The summed E-state index contributed by atoms with van der Waals surface area (Å²) in [6, 6.07) is 14.7. The molecule has 1 unspecified atom stereocenters. The third-order valence-electron chi connectivity index (χ3n) is 13.9. The van der Waals surface area contributed by atoms with E-state index in [9.17, 15) is 37.2 Å². The zero-order valence-electron chi connectivity index (χ0n) is 48.9. The Morgan fingerprint density at radius 1 is 0.810 bits per heavy atom. The Labute approximate surface area is 469 Å². The Morgan fingerprint density at radius 2 is 1.41 bits per heavy atom. The molecule has 0 saturated carbocycles. The van der Waals surface area contributed by atoms with Gasteiger partial charge >= 0.3 is 6.03 Å². The molecule has 442 valence electrons. The molecule has 9 N–H and O–H groups in total. The number of imide groups is 1. The van der Waals surface area contributed by atoms with Crippen LogP contribution >= 0.6 is 0 Å². The molecule has 0 spiro atoms. The summed E-state index contributed by atoms with van der Waals surface area (Å²) in [5.74, 6) is -2.87. The molecule has 2 aromatic carbocycles. The maximum atomic E-state index is 14.0. The largest absolute Gasteiger partial charge is 0.379 e. The average Bonchev–Trinajstić information content (AvgIpc) is 3.79. The highest BCUT2D eigenvalue weighted by Crippen LogP contribution is 2.30. The lowest BCUT2D eigenvalue weighted by atomic mass is 9.77. The molecule has 3 rings (SSSR count). The molecule has 21 nitrogen and oxygen atoms in total. The van der Waals surface area contributed by atoms with Gasteiger partial charge in [-0.05, 0) is 75.7 Å². The number of nitrogens with one attached hydrogen (secondary N) is 7. The maximum Gasteiger partial charge on any atom is 0.312 e. The number of hydrogen-bond acceptors (Lipinski definition) is 15. The van der Waals surface area contributed by atoms with Gasteiger partial charge in [0.25, 0.3) is 27.7 Å². The molecular weight excluding hydrogens is 1030 g/mol. The number of nitrogens with two attached hydrogens (primary N) is 1. The minimum Gasteiger partial charge on any atom is -0.379 e. The summed E-state index contributed by atoms with van der Waals surface area (Å²) in [6.45, 7) is 24.3. The number of urea groups is 1. The normalized spacial score (nSPS) is 15.7. The van der Waals surface area contributed by atoms with Crippen molar-refractivity contribution in [2.75, 3.05) is 78.7 Å². The van der Waals surface area contributed by atoms with Crippen molar-refractivity contribution in [3.8, 4) is 0 Å². The van der Waals surface area contributed by atoms with Crippen LogP contribution in [0.15, 0.2) is 83.3 Å². The van der Waals surface area contributed by atoms with Crippen molar-refractivity contribution >= 4 is 51.3 Å². The first-order valence-corrected chi connectivity index (χ1v) is 28.8. The van der Waals surface area contributed by atoms with Crippen molar-refractivity contribution in [1.29, 1.82) is 0 Å². The highest BCUT2D eigenvalue weighted by Gasteiger charge is 2.37. The number of nitrogens with zero attached hydrogens (tertiary/aromatic N) is 2. The van der Waals surface area contributed by atoms with Gasteiger partial charge in [0, 0.05) is 73.4 Å². The second kappa shape index (κ2) is 32.5. The molecule has 1 heterocycles. The van der Waals surface area contributed by atoms with Crippen molar-refractivity contribution < 1.29 is 51.4 Å². The lowest BCUT2D eigenvalue weighted by Crippen LogP contribution is -2.56. The van der Waals surface area contributed by atoms with Crippen molar-refractivity contribution in [2.24, 2.45) is 23.0 Å². The number of para-hydroxylation sites is 1. The van der Waals surface area contributed by atoms with E-state index in [4.69, 9.17) is 19.9 Å². The second-order valence-electron chi connectivity index (χ2n) is 22.4. The number of amides is 7. The monoisotopic (exact) mass is 1120 g/mol. The van der Waals surface area contributed by atoms with E-state index < -0.39 is 46.0 Å². The Morgan fingerprint density at radius 3 is 1.99 bits per heavy atom. The fourth-order valence-electron chi connectivity index (χ4n) is 9.13.